The van der Waals surface area contributed by atoms with Gasteiger partial charge in [0, 0.05) is 24.3 Å². The molecule has 1 aliphatic carbocycles. The van der Waals surface area contributed by atoms with Crippen LogP contribution in [0.3, 0.4) is 0 Å². The number of aryl methyl sites for hydroxylation is 1. The van der Waals surface area contributed by atoms with E-state index >= 15 is 0 Å². The van der Waals surface area contributed by atoms with Crippen molar-refractivity contribution in [1.82, 2.24) is 5.32 Å². The van der Waals surface area contributed by atoms with Gasteiger partial charge in [0.15, 0.2) is 0 Å². The predicted octanol–water partition coefficient (Wildman–Crippen LogP) is 6.38. The van der Waals surface area contributed by atoms with E-state index in [0.717, 1.165) is 31.7 Å². The maximum absolute atomic E-state index is 13.9. The molecular formula is C32H38F2N2O2. The average molecular weight is 521 g/mol. The molecule has 38 heavy (non-hydrogen) atoms. The first kappa shape index (κ1) is 27.9. The molecule has 3 aromatic rings. The summed E-state index contributed by atoms with van der Waals surface area (Å²) in [6.07, 6.45) is 2.93. The molecule has 6 heteroatoms. The minimum atomic E-state index is -1.06. The highest BCUT2D eigenvalue weighted by Gasteiger charge is 2.29. The fourth-order valence-electron chi connectivity index (χ4n) is 5.33. The summed E-state index contributed by atoms with van der Waals surface area (Å²) in [6.45, 7) is 6.86. The lowest BCUT2D eigenvalue weighted by molar-refractivity contribution is -0.123. The number of aliphatic hydroxyl groups is 1. The van der Waals surface area contributed by atoms with Crippen LogP contribution in [0.2, 0.25) is 0 Å². The van der Waals surface area contributed by atoms with Gasteiger partial charge in [-0.3, -0.25) is 4.79 Å². The smallest absolute Gasteiger partial charge is 0.230 e. The summed E-state index contributed by atoms with van der Waals surface area (Å²) >= 11 is 0. The molecule has 3 aromatic carbocycles. The van der Waals surface area contributed by atoms with Crippen molar-refractivity contribution in [3.8, 4) is 0 Å². The Labute approximate surface area is 224 Å². The number of hydrogen-bond acceptors (Lipinski definition) is 3. The van der Waals surface area contributed by atoms with Gasteiger partial charge >= 0.3 is 0 Å². The van der Waals surface area contributed by atoms with E-state index < -0.39 is 29.6 Å². The van der Waals surface area contributed by atoms with Crippen LogP contribution in [-0.2, 0) is 24.1 Å². The maximum Gasteiger partial charge on any atom is 0.230 e. The summed E-state index contributed by atoms with van der Waals surface area (Å²) < 4.78 is 27.8. The summed E-state index contributed by atoms with van der Waals surface area (Å²) in [5.74, 6) is -2.72. The summed E-state index contributed by atoms with van der Waals surface area (Å²) in [5, 5.41) is 17.6. The van der Waals surface area contributed by atoms with Crippen molar-refractivity contribution in [3.05, 3.63) is 101 Å². The number of rotatable bonds is 9. The first-order chi connectivity index (χ1) is 18.1. The number of fused-ring (bicyclic) bond motifs is 1. The Hall–Kier alpha value is -3.09. The lowest BCUT2D eigenvalue weighted by atomic mass is 9.82. The van der Waals surface area contributed by atoms with Crippen molar-refractivity contribution in [2.45, 2.75) is 65.0 Å². The molecule has 4 nitrogen and oxygen atoms in total. The molecule has 3 atom stereocenters. The van der Waals surface area contributed by atoms with Crippen molar-refractivity contribution in [2.75, 3.05) is 11.9 Å². The maximum atomic E-state index is 13.9. The van der Waals surface area contributed by atoms with Gasteiger partial charge in [0.2, 0.25) is 5.91 Å². The summed E-state index contributed by atoms with van der Waals surface area (Å²) in [4.78, 5) is 13.3. The Kier molecular flexibility index (Phi) is 8.95. The third kappa shape index (κ3) is 7.71. The fourth-order valence-corrected chi connectivity index (χ4v) is 5.33. The molecule has 0 saturated heterocycles. The van der Waals surface area contributed by atoms with Crippen LogP contribution in [0.4, 0.5) is 14.5 Å². The summed E-state index contributed by atoms with van der Waals surface area (Å²) in [6, 6.07) is 19.0. The number of para-hydroxylation sites is 1. The second-order valence-corrected chi connectivity index (χ2v) is 11.6. The first-order valence-electron chi connectivity index (χ1n) is 13.4. The minimum Gasteiger partial charge on any atom is -0.391 e. The van der Waals surface area contributed by atoms with E-state index in [9.17, 15) is 18.7 Å². The number of nitrogens with one attached hydrogen (secondary N) is 2. The third-order valence-corrected chi connectivity index (χ3v) is 7.05. The molecule has 0 saturated carbocycles. The summed E-state index contributed by atoms with van der Waals surface area (Å²) in [7, 11) is 0. The van der Waals surface area contributed by atoms with Crippen molar-refractivity contribution < 1.29 is 18.7 Å². The Balaban J connectivity index is 1.51. The highest BCUT2D eigenvalue weighted by atomic mass is 19.1. The molecule has 0 spiro atoms. The lowest BCUT2D eigenvalue weighted by Crippen LogP contribution is -2.42. The van der Waals surface area contributed by atoms with E-state index in [1.54, 1.807) is 24.3 Å². The molecule has 0 fully saturated rings. The second-order valence-electron chi connectivity index (χ2n) is 11.6. The Morgan fingerprint density at radius 2 is 1.71 bits per heavy atom. The molecule has 0 bridgehead atoms. The number of benzene rings is 3. The highest BCUT2D eigenvalue weighted by Crippen LogP contribution is 2.32. The van der Waals surface area contributed by atoms with Gasteiger partial charge < -0.3 is 15.7 Å². The van der Waals surface area contributed by atoms with Crippen LogP contribution in [0, 0.1) is 23.0 Å². The van der Waals surface area contributed by atoms with E-state index in [2.05, 4.69) is 49.6 Å². The minimum absolute atomic E-state index is 0.00712. The largest absolute Gasteiger partial charge is 0.391 e. The highest BCUT2D eigenvalue weighted by molar-refractivity contribution is 5.93. The lowest BCUT2D eigenvalue weighted by Gasteiger charge is -2.30. The van der Waals surface area contributed by atoms with E-state index in [4.69, 9.17) is 0 Å². The zero-order valence-electron chi connectivity index (χ0n) is 22.4. The van der Waals surface area contributed by atoms with Crippen LogP contribution in [-0.4, -0.2) is 23.7 Å². The molecule has 0 aliphatic heterocycles. The van der Waals surface area contributed by atoms with Crippen LogP contribution in [0.15, 0.2) is 66.7 Å². The van der Waals surface area contributed by atoms with E-state index in [1.165, 1.54) is 28.8 Å². The van der Waals surface area contributed by atoms with Crippen LogP contribution in [0.5, 0.6) is 0 Å². The second kappa shape index (κ2) is 12.2. The molecule has 3 unspecified atom stereocenters. The molecule has 4 rings (SSSR count). The summed E-state index contributed by atoms with van der Waals surface area (Å²) in [5.41, 5.74) is 4.96. The zero-order chi connectivity index (χ0) is 27.3. The molecule has 202 valence electrons. The zero-order valence-corrected chi connectivity index (χ0v) is 22.4. The quantitative estimate of drug-likeness (QED) is 0.307. The van der Waals surface area contributed by atoms with E-state index in [1.807, 2.05) is 6.07 Å². The fraction of sp³-hybridized carbons (Fsp3) is 0.406. The van der Waals surface area contributed by atoms with Gasteiger partial charge in [-0.2, -0.15) is 0 Å². The van der Waals surface area contributed by atoms with Gasteiger partial charge in [0.1, 0.15) is 11.6 Å². The number of carbonyl (C=O) groups is 1. The van der Waals surface area contributed by atoms with Gasteiger partial charge in [-0.1, -0.05) is 57.2 Å². The molecule has 0 heterocycles. The van der Waals surface area contributed by atoms with E-state index in [-0.39, 0.29) is 24.4 Å². The Morgan fingerprint density at radius 3 is 2.39 bits per heavy atom. The van der Waals surface area contributed by atoms with Crippen LogP contribution in [0.1, 0.15) is 61.9 Å². The number of hydrogen-bond donors (Lipinski definition) is 3. The molecule has 1 amide bonds. The normalized spacial score (nSPS) is 16.9. The molecular weight excluding hydrogens is 482 g/mol. The van der Waals surface area contributed by atoms with Crippen LogP contribution >= 0.6 is 0 Å². The molecule has 0 aromatic heterocycles. The molecule has 0 radical (unpaired) electrons. The van der Waals surface area contributed by atoms with Gasteiger partial charge in [0.25, 0.3) is 0 Å². The standard InChI is InChI=1S/C32H38F2N2O2/c1-32(2,3)19-21-12-13-23-8-7-11-29(27(23)16-21)35-20-30(37)28(17-22-14-24(33)18-25(34)15-22)31(38)36-26-9-5-4-6-10-26/h4-6,9-10,12-16,18,28-30,35,37H,7-8,11,17,19-20H2,1-3H3,(H,36,38). The van der Waals surface area contributed by atoms with E-state index in [0.29, 0.717) is 11.3 Å². The van der Waals surface area contributed by atoms with Gasteiger partial charge in [-0.25, -0.2) is 8.78 Å². The topological polar surface area (TPSA) is 61.4 Å². The van der Waals surface area contributed by atoms with Crippen LogP contribution in [0.25, 0.3) is 0 Å². The van der Waals surface area contributed by atoms with Gasteiger partial charge in [-0.15, -0.1) is 0 Å². The van der Waals surface area contributed by atoms with Crippen molar-refractivity contribution in [1.29, 1.82) is 0 Å². The van der Waals surface area contributed by atoms with Crippen molar-refractivity contribution in [3.63, 3.8) is 0 Å². The van der Waals surface area contributed by atoms with Crippen LogP contribution < -0.4 is 10.6 Å². The number of halogens is 2. The molecule has 1 aliphatic rings. The van der Waals surface area contributed by atoms with Crippen molar-refractivity contribution >= 4 is 11.6 Å². The van der Waals surface area contributed by atoms with Crippen molar-refractivity contribution in [2.24, 2.45) is 11.3 Å². The number of amides is 1. The third-order valence-electron chi connectivity index (χ3n) is 7.05. The SMILES string of the molecule is CC(C)(C)Cc1ccc2c(c1)C(NCC(O)C(Cc1cc(F)cc(F)c1)C(=O)Nc1ccccc1)CCC2. The average Bonchev–Trinajstić information content (AvgIpc) is 2.85. The number of anilines is 1. The van der Waals surface area contributed by atoms with Gasteiger partial charge in [-0.05, 0) is 84.0 Å². The number of carbonyl (C=O) groups excluding carboxylic acids is 1. The monoisotopic (exact) mass is 520 g/mol. The number of aliphatic hydroxyl groups excluding tert-OH is 1. The molecule has 3 N–H and O–H groups in total. The van der Waals surface area contributed by atoms with Gasteiger partial charge in [0.05, 0.1) is 12.0 Å². The Morgan fingerprint density at radius 1 is 1.00 bits per heavy atom. The Bertz CT molecular complexity index is 1220. The predicted molar refractivity (Wildman–Crippen MR) is 148 cm³/mol. The first-order valence-corrected chi connectivity index (χ1v) is 13.4.